The molecule has 0 atom stereocenters. The largest absolute Gasteiger partial charge is 0.508 e. The zero-order valence-corrected chi connectivity index (χ0v) is 6.22. The zero-order chi connectivity index (χ0) is 7.56. The van der Waals surface area contributed by atoms with Gasteiger partial charge < -0.3 is 9.40 Å². The van der Waals surface area contributed by atoms with Crippen LogP contribution < -0.4 is 4.29 Å². The molecule has 1 aromatic rings. The van der Waals surface area contributed by atoms with E-state index in [4.69, 9.17) is 17.0 Å². The Bertz CT molecular complexity index is 235. The standard InChI is InChI=1S/C7H7ClO2/c1-5-2-3-6(10-8)4-7(5)9/h2-4,9H,1H3. The van der Waals surface area contributed by atoms with Crippen LogP contribution in [0.5, 0.6) is 11.5 Å². The highest BCUT2D eigenvalue weighted by molar-refractivity contribution is 6.09. The van der Waals surface area contributed by atoms with Crippen LogP contribution in [0.2, 0.25) is 0 Å². The molecule has 0 saturated heterocycles. The highest BCUT2D eigenvalue weighted by Crippen LogP contribution is 2.22. The quantitative estimate of drug-likeness (QED) is 0.679. The van der Waals surface area contributed by atoms with Crippen LogP contribution in [-0.2, 0) is 0 Å². The molecule has 10 heavy (non-hydrogen) atoms. The summed E-state index contributed by atoms with van der Waals surface area (Å²) < 4.78 is 4.36. The Balaban J connectivity index is 3.04. The Morgan fingerprint density at radius 3 is 2.70 bits per heavy atom. The second kappa shape index (κ2) is 2.80. The lowest BCUT2D eigenvalue weighted by Crippen LogP contribution is -1.76. The molecule has 0 spiro atoms. The Morgan fingerprint density at radius 1 is 1.50 bits per heavy atom. The highest BCUT2D eigenvalue weighted by Gasteiger charge is 1.96. The first-order chi connectivity index (χ1) is 4.74. The average molecular weight is 159 g/mol. The van der Waals surface area contributed by atoms with Gasteiger partial charge in [0.15, 0.2) is 0 Å². The predicted octanol–water partition coefficient (Wildman–Crippen LogP) is 2.23. The summed E-state index contributed by atoms with van der Waals surface area (Å²) in [5, 5.41) is 9.09. The average Bonchev–Trinajstić information content (AvgIpc) is 1.95. The summed E-state index contributed by atoms with van der Waals surface area (Å²) in [5.41, 5.74) is 0.803. The molecule has 1 rings (SSSR count). The minimum atomic E-state index is 0.193. The molecule has 0 radical (unpaired) electrons. The van der Waals surface area contributed by atoms with E-state index in [0.717, 1.165) is 5.56 Å². The molecule has 0 aromatic heterocycles. The molecular formula is C7H7ClO2. The summed E-state index contributed by atoms with van der Waals surface area (Å²) in [4.78, 5) is 0. The molecule has 2 nitrogen and oxygen atoms in total. The van der Waals surface area contributed by atoms with Crippen molar-refractivity contribution in [2.75, 3.05) is 0 Å². The summed E-state index contributed by atoms with van der Waals surface area (Å²) in [6.07, 6.45) is 0. The predicted molar refractivity (Wildman–Crippen MR) is 39.3 cm³/mol. The molecule has 3 heteroatoms. The number of halogens is 1. The smallest absolute Gasteiger partial charge is 0.150 e. The molecule has 1 aromatic carbocycles. The maximum Gasteiger partial charge on any atom is 0.150 e. The molecule has 0 unspecified atom stereocenters. The molecule has 1 N–H and O–H groups in total. The van der Waals surface area contributed by atoms with Crippen molar-refractivity contribution < 1.29 is 9.40 Å². The first-order valence-electron chi connectivity index (χ1n) is 2.82. The van der Waals surface area contributed by atoms with Crippen LogP contribution in [0.3, 0.4) is 0 Å². The minimum absolute atomic E-state index is 0.193. The van der Waals surface area contributed by atoms with E-state index in [0.29, 0.717) is 5.75 Å². The van der Waals surface area contributed by atoms with Crippen LogP contribution >= 0.6 is 11.9 Å². The fraction of sp³-hybridized carbons (Fsp3) is 0.143. The monoisotopic (exact) mass is 158 g/mol. The van der Waals surface area contributed by atoms with Gasteiger partial charge in [0.2, 0.25) is 0 Å². The van der Waals surface area contributed by atoms with Crippen molar-refractivity contribution in [2.24, 2.45) is 0 Å². The van der Waals surface area contributed by atoms with Gasteiger partial charge in [-0.1, -0.05) is 6.07 Å². The Morgan fingerprint density at radius 2 is 2.20 bits per heavy atom. The number of rotatable bonds is 1. The first kappa shape index (κ1) is 7.22. The first-order valence-corrected chi connectivity index (χ1v) is 3.13. The van der Waals surface area contributed by atoms with E-state index >= 15 is 0 Å². The van der Waals surface area contributed by atoms with Gasteiger partial charge in [0, 0.05) is 6.07 Å². The third-order valence-corrected chi connectivity index (χ3v) is 1.45. The lowest BCUT2D eigenvalue weighted by Gasteiger charge is -1.98. The highest BCUT2D eigenvalue weighted by atomic mass is 35.5. The normalized spacial score (nSPS) is 9.40. The van der Waals surface area contributed by atoms with E-state index in [-0.39, 0.29) is 5.75 Å². The molecule has 0 amide bonds. The molecule has 0 saturated carbocycles. The van der Waals surface area contributed by atoms with Crippen molar-refractivity contribution in [1.29, 1.82) is 0 Å². The van der Waals surface area contributed by atoms with Gasteiger partial charge in [-0.2, -0.15) is 0 Å². The molecule has 54 valence electrons. The molecule has 0 aliphatic rings. The van der Waals surface area contributed by atoms with Crippen molar-refractivity contribution in [2.45, 2.75) is 6.92 Å². The van der Waals surface area contributed by atoms with Crippen LogP contribution in [0, 0.1) is 6.92 Å². The van der Waals surface area contributed by atoms with E-state index < -0.39 is 0 Å². The topological polar surface area (TPSA) is 29.5 Å². The van der Waals surface area contributed by atoms with Crippen molar-refractivity contribution >= 4 is 11.9 Å². The minimum Gasteiger partial charge on any atom is -0.508 e. The van der Waals surface area contributed by atoms with Crippen LogP contribution in [0.1, 0.15) is 5.56 Å². The van der Waals surface area contributed by atoms with Crippen LogP contribution in [0.4, 0.5) is 0 Å². The van der Waals surface area contributed by atoms with Gasteiger partial charge in [0.25, 0.3) is 0 Å². The summed E-state index contributed by atoms with van der Waals surface area (Å²) in [6.45, 7) is 1.80. The molecule has 0 aliphatic carbocycles. The number of phenolic OH excluding ortho intramolecular Hbond substituents is 1. The van der Waals surface area contributed by atoms with Gasteiger partial charge in [-0.15, -0.1) is 0 Å². The lowest BCUT2D eigenvalue weighted by molar-refractivity contribution is 0.467. The summed E-state index contributed by atoms with van der Waals surface area (Å²) in [5.74, 6) is 0.642. The van der Waals surface area contributed by atoms with Crippen LogP contribution in [-0.4, -0.2) is 5.11 Å². The van der Waals surface area contributed by atoms with E-state index in [1.807, 2.05) is 0 Å². The third kappa shape index (κ3) is 1.33. The summed E-state index contributed by atoms with van der Waals surface area (Å²) >= 11 is 5.04. The maximum absolute atomic E-state index is 9.09. The van der Waals surface area contributed by atoms with Crippen LogP contribution in [0.15, 0.2) is 18.2 Å². The molecule has 0 fully saturated rings. The number of aromatic hydroxyl groups is 1. The van der Waals surface area contributed by atoms with Gasteiger partial charge in [0.1, 0.15) is 23.4 Å². The number of aryl methyl sites for hydroxylation is 1. The fourth-order valence-corrected chi connectivity index (χ4v) is 0.733. The van der Waals surface area contributed by atoms with E-state index in [2.05, 4.69) is 4.29 Å². The Kier molecular flexibility index (Phi) is 2.02. The van der Waals surface area contributed by atoms with Gasteiger partial charge >= 0.3 is 0 Å². The van der Waals surface area contributed by atoms with Gasteiger partial charge in [-0.3, -0.25) is 0 Å². The van der Waals surface area contributed by atoms with Crippen molar-refractivity contribution in [1.82, 2.24) is 0 Å². The SMILES string of the molecule is Cc1ccc(OCl)cc1O. The molecule has 0 bridgehead atoms. The molecule has 0 aliphatic heterocycles. The number of benzene rings is 1. The zero-order valence-electron chi connectivity index (χ0n) is 5.47. The molecular weight excluding hydrogens is 152 g/mol. The van der Waals surface area contributed by atoms with E-state index in [9.17, 15) is 0 Å². The van der Waals surface area contributed by atoms with Crippen LogP contribution in [0.25, 0.3) is 0 Å². The molecule has 0 heterocycles. The second-order valence-corrected chi connectivity index (χ2v) is 2.18. The van der Waals surface area contributed by atoms with Gasteiger partial charge in [-0.25, -0.2) is 0 Å². The summed E-state index contributed by atoms with van der Waals surface area (Å²) in [7, 11) is 0. The van der Waals surface area contributed by atoms with Gasteiger partial charge in [-0.05, 0) is 18.6 Å². The third-order valence-electron chi connectivity index (χ3n) is 1.27. The van der Waals surface area contributed by atoms with E-state index in [1.165, 1.54) is 6.07 Å². The number of phenols is 1. The second-order valence-electron chi connectivity index (χ2n) is 2.03. The number of hydrogen-bond donors (Lipinski definition) is 1. The van der Waals surface area contributed by atoms with E-state index in [1.54, 1.807) is 19.1 Å². The maximum atomic E-state index is 9.09. The number of hydrogen-bond acceptors (Lipinski definition) is 2. The Labute approximate surface area is 64.2 Å². The van der Waals surface area contributed by atoms with Gasteiger partial charge in [0.05, 0.1) is 0 Å². The van der Waals surface area contributed by atoms with Crippen molar-refractivity contribution in [3.05, 3.63) is 23.8 Å². The van der Waals surface area contributed by atoms with Crippen molar-refractivity contribution in [3.8, 4) is 11.5 Å². The summed E-state index contributed by atoms with van der Waals surface area (Å²) in [6, 6.07) is 4.87. The fourth-order valence-electron chi connectivity index (χ4n) is 0.637. The Hall–Kier alpha value is -0.890. The van der Waals surface area contributed by atoms with Crippen molar-refractivity contribution in [3.63, 3.8) is 0 Å². The lowest BCUT2D eigenvalue weighted by atomic mass is 10.2.